The van der Waals surface area contributed by atoms with Crippen LogP contribution < -0.4 is 10.6 Å². The summed E-state index contributed by atoms with van der Waals surface area (Å²) in [5, 5.41) is 13.1. The second-order valence-electron chi connectivity index (χ2n) is 7.30. The third-order valence-corrected chi connectivity index (χ3v) is 5.19. The summed E-state index contributed by atoms with van der Waals surface area (Å²) in [6.07, 6.45) is -1.40. The zero-order valence-electron chi connectivity index (χ0n) is 17.3. The molecule has 0 radical (unpaired) electrons. The SMILES string of the molecule is CNc1nc(Nc2cc(CCC(=O)N3CCOCC3)cc3[nH]ncc23)ncc1C(F)(F)F. The summed E-state index contributed by atoms with van der Waals surface area (Å²) < 4.78 is 44.6. The number of anilines is 3. The maximum Gasteiger partial charge on any atom is 0.421 e. The Morgan fingerprint density at radius 3 is 2.75 bits per heavy atom. The van der Waals surface area contributed by atoms with Crippen molar-refractivity contribution in [2.75, 3.05) is 44.0 Å². The monoisotopic (exact) mass is 449 g/mol. The molecule has 0 aliphatic carbocycles. The number of carbonyl (C=O) groups is 1. The van der Waals surface area contributed by atoms with Crippen LogP contribution in [0, 0.1) is 0 Å². The summed E-state index contributed by atoms with van der Waals surface area (Å²) in [6, 6.07) is 3.72. The van der Waals surface area contributed by atoms with Gasteiger partial charge < -0.3 is 20.3 Å². The summed E-state index contributed by atoms with van der Waals surface area (Å²) in [5.74, 6) is -0.269. The summed E-state index contributed by atoms with van der Waals surface area (Å²) in [7, 11) is 1.36. The third-order valence-electron chi connectivity index (χ3n) is 5.19. The lowest BCUT2D eigenvalue weighted by molar-refractivity contribution is -0.137. The average molecular weight is 449 g/mol. The van der Waals surface area contributed by atoms with Crippen LogP contribution in [0.2, 0.25) is 0 Å². The van der Waals surface area contributed by atoms with Crippen LogP contribution in [0.15, 0.2) is 24.5 Å². The number of nitrogens with one attached hydrogen (secondary N) is 3. The molecule has 0 atom stereocenters. The number of aryl methyl sites for hydroxylation is 1. The van der Waals surface area contributed by atoms with E-state index < -0.39 is 11.7 Å². The Bertz CT molecular complexity index is 1110. The van der Waals surface area contributed by atoms with Gasteiger partial charge in [-0.25, -0.2) is 4.98 Å². The number of rotatable bonds is 6. The Morgan fingerprint density at radius 2 is 2.03 bits per heavy atom. The van der Waals surface area contributed by atoms with E-state index in [-0.39, 0.29) is 17.7 Å². The summed E-state index contributed by atoms with van der Waals surface area (Å²) in [6.45, 7) is 2.26. The Balaban J connectivity index is 1.55. The van der Waals surface area contributed by atoms with Gasteiger partial charge in [0.15, 0.2) is 0 Å². The summed E-state index contributed by atoms with van der Waals surface area (Å²) in [5.41, 5.74) is 1.22. The van der Waals surface area contributed by atoms with Crippen molar-refractivity contribution in [1.82, 2.24) is 25.1 Å². The molecule has 1 aliphatic rings. The van der Waals surface area contributed by atoms with Crippen LogP contribution in [0.4, 0.5) is 30.6 Å². The van der Waals surface area contributed by atoms with Crippen LogP contribution in [0.25, 0.3) is 10.9 Å². The van der Waals surface area contributed by atoms with Crippen LogP contribution in [0.5, 0.6) is 0 Å². The van der Waals surface area contributed by atoms with Crippen LogP contribution in [-0.4, -0.2) is 64.3 Å². The number of nitrogens with zero attached hydrogens (tertiary/aromatic N) is 4. The van der Waals surface area contributed by atoms with Crippen molar-refractivity contribution in [2.45, 2.75) is 19.0 Å². The molecule has 1 saturated heterocycles. The fraction of sp³-hybridized carbons (Fsp3) is 0.400. The summed E-state index contributed by atoms with van der Waals surface area (Å²) >= 11 is 0. The lowest BCUT2D eigenvalue weighted by atomic mass is 10.1. The highest BCUT2D eigenvalue weighted by Gasteiger charge is 2.35. The molecule has 1 amide bonds. The average Bonchev–Trinajstić information content (AvgIpc) is 3.26. The van der Waals surface area contributed by atoms with Gasteiger partial charge in [-0.2, -0.15) is 23.3 Å². The molecule has 2 aromatic heterocycles. The number of halogens is 3. The van der Waals surface area contributed by atoms with Crippen molar-refractivity contribution in [3.8, 4) is 0 Å². The Kier molecular flexibility index (Phi) is 6.12. The second kappa shape index (κ2) is 8.99. The van der Waals surface area contributed by atoms with E-state index in [1.165, 1.54) is 7.05 Å². The zero-order valence-corrected chi connectivity index (χ0v) is 17.3. The van der Waals surface area contributed by atoms with E-state index >= 15 is 0 Å². The first-order valence-electron chi connectivity index (χ1n) is 10.1. The standard InChI is InChI=1S/C20H22F3N7O2/c1-24-18-14(20(21,22)23)11-25-19(28-18)27-15-8-12(9-16-13(15)10-26-29-16)2-3-17(31)30-4-6-32-7-5-30/h8-11H,2-7H2,1H3,(H,26,29)(H2,24,25,27,28). The first kappa shape index (κ1) is 21.8. The number of hydrogen-bond acceptors (Lipinski definition) is 7. The van der Waals surface area contributed by atoms with Crippen LogP contribution in [-0.2, 0) is 22.1 Å². The normalized spacial score (nSPS) is 14.6. The van der Waals surface area contributed by atoms with Gasteiger partial charge in [0.25, 0.3) is 0 Å². The maximum atomic E-state index is 13.1. The quantitative estimate of drug-likeness (QED) is 0.531. The molecule has 1 aromatic carbocycles. The number of morpholine rings is 1. The fourth-order valence-electron chi connectivity index (χ4n) is 3.54. The molecular formula is C20H22F3N7O2. The molecule has 3 N–H and O–H groups in total. The zero-order chi connectivity index (χ0) is 22.7. The van der Waals surface area contributed by atoms with Crippen molar-refractivity contribution in [1.29, 1.82) is 0 Å². The van der Waals surface area contributed by atoms with Gasteiger partial charge in [0.05, 0.1) is 30.6 Å². The third kappa shape index (κ3) is 4.74. The topological polar surface area (TPSA) is 108 Å². The molecule has 1 fully saturated rings. The molecule has 12 heteroatoms. The number of benzene rings is 1. The number of hydrogen-bond donors (Lipinski definition) is 3. The predicted octanol–water partition coefficient (Wildman–Crippen LogP) is 2.95. The van der Waals surface area contributed by atoms with Gasteiger partial charge in [-0.15, -0.1) is 0 Å². The molecule has 3 heterocycles. The predicted molar refractivity (Wildman–Crippen MR) is 112 cm³/mol. The molecule has 0 bridgehead atoms. The maximum absolute atomic E-state index is 13.1. The Morgan fingerprint density at radius 1 is 1.25 bits per heavy atom. The van der Waals surface area contributed by atoms with E-state index in [1.807, 2.05) is 12.1 Å². The minimum atomic E-state index is -4.57. The second-order valence-corrected chi connectivity index (χ2v) is 7.30. The number of amides is 1. The minimum Gasteiger partial charge on any atom is -0.378 e. The van der Waals surface area contributed by atoms with E-state index in [2.05, 4.69) is 30.8 Å². The van der Waals surface area contributed by atoms with E-state index in [9.17, 15) is 18.0 Å². The van der Waals surface area contributed by atoms with E-state index in [1.54, 1.807) is 11.1 Å². The molecule has 0 unspecified atom stereocenters. The molecule has 0 spiro atoms. The molecule has 3 aromatic rings. The minimum absolute atomic E-state index is 0.00592. The number of carbonyl (C=O) groups excluding carboxylic acids is 1. The number of fused-ring (bicyclic) bond motifs is 1. The molecule has 4 rings (SSSR count). The Labute approximate surface area is 181 Å². The molecular weight excluding hydrogens is 427 g/mol. The van der Waals surface area contributed by atoms with Gasteiger partial charge >= 0.3 is 6.18 Å². The highest BCUT2D eigenvalue weighted by atomic mass is 19.4. The highest BCUT2D eigenvalue weighted by Crippen LogP contribution is 2.34. The summed E-state index contributed by atoms with van der Waals surface area (Å²) in [4.78, 5) is 22.0. The highest BCUT2D eigenvalue weighted by molar-refractivity contribution is 5.93. The molecule has 0 saturated carbocycles. The van der Waals surface area contributed by atoms with Gasteiger partial charge in [-0.05, 0) is 24.1 Å². The fourth-order valence-corrected chi connectivity index (χ4v) is 3.54. The van der Waals surface area contributed by atoms with Crippen LogP contribution >= 0.6 is 0 Å². The first-order valence-corrected chi connectivity index (χ1v) is 10.1. The van der Waals surface area contributed by atoms with E-state index in [0.717, 1.165) is 22.7 Å². The first-order chi connectivity index (χ1) is 15.3. The number of ether oxygens (including phenoxy) is 1. The van der Waals surface area contributed by atoms with E-state index in [0.29, 0.717) is 44.8 Å². The Hall–Kier alpha value is -3.41. The number of H-pyrrole nitrogens is 1. The number of aromatic nitrogens is 4. The molecule has 170 valence electrons. The lowest BCUT2D eigenvalue weighted by Gasteiger charge is -2.26. The number of alkyl halides is 3. The molecule has 9 nitrogen and oxygen atoms in total. The molecule has 1 aliphatic heterocycles. The van der Waals surface area contributed by atoms with Crippen LogP contribution in [0.1, 0.15) is 17.5 Å². The van der Waals surface area contributed by atoms with Crippen molar-refractivity contribution in [2.24, 2.45) is 0 Å². The smallest absolute Gasteiger partial charge is 0.378 e. The van der Waals surface area contributed by atoms with Gasteiger partial charge in [-0.3, -0.25) is 9.89 Å². The lowest BCUT2D eigenvalue weighted by Crippen LogP contribution is -2.40. The van der Waals surface area contributed by atoms with Gasteiger partial charge in [0.2, 0.25) is 11.9 Å². The van der Waals surface area contributed by atoms with E-state index in [4.69, 9.17) is 4.74 Å². The van der Waals surface area contributed by atoms with Crippen LogP contribution in [0.3, 0.4) is 0 Å². The van der Waals surface area contributed by atoms with Gasteiger partial charge in [0, 0.05) is 38.1 Å². The van der Waals surface area contributed by atoms with Crippen molar-refractivity contribution < 1.29 is 22.7 Å². The number of aromatic amines is 1. The van der Waals surface area contributed by atoms with Crippen molar-refractivity contribution in [3.63, 3.8) is 0 Å². The van der Waals surface area contributed by atoms with Crippen molar-refractivity contribution >= 4 is 34.3 Å². The van der Waals surface area contributed by atoms with Gasteiger partial charge in [0.1, 0.15) is 11.4 Å². The van der Waals surface area contributed by atoms with Gasteiger partial charge in [-0.1, -0.05) is 0 Å². The molecule has 32 heavy (non-hydrogen) atoms. The largest absolute Gasteiger partial charge is 0.421 e. The van der Waals surface area contributed by atoms with Crippen molar-refractivity contribution in [3.05, 3.63) is 35.7 Å².